The Balaban J connectivity index is 1.83. The van der Waals surface area contributed by atoms with Crippen LogP contribution in [0.2, 0.25) is 0 Å². The molecular formula is C13H18BrNOS2. The van der Waals surface area contributed by atoms with Crippen molar-refractivity contribution >= 4 is 39.5 Å². The molecule has 1 aromatic rings. The number of methoxy groups -OCH3 is 1. The molecule has 1 atom stereocenters. The summed E-state index contributed by atoms with van der Waals surface area (Å²) in [7, 11) is 1.72. The second-order valence-electron chi connectivity index (χ2n) is 4.15. The van der Waals surface area contributed by atoms with E-state index in [1.807, 2.05) is 12.1 Å². The van der Waals surface area contributed by atoms with Crippen LogP contribution in [0, 0.1) is 0 Å². The molecule has 18 heavy (non-hydrogen) atoms. The fourth-order valence-electron chi connectivity index (χ4n) is 1.91. The van der Waals surface area contributed by atoms with E-state index < -0.39 is 0 Å². The van der Waals surface area contributed by atoms with Crippen LogP contribution < -0.4 is 10.1 Å². The summed E-state index contributed by atoms with van der Waals surface area (Å²) in [6.07, 6.45) is 0. The molecule has 1 heterocycles. The number of hydrogen-bond acceptors (Lipinski definition) is 4. The van der Waals surface area contributed by atoms with Gasteiger partial charge in [0.15, 0.2) is 0 Å². The molecule has 100 valence electrons. The number of thioether (sulfide) groups is 2. The van der Waals surface area contributed by atoms with Crippen LogP contribution in [0.5, 0.6) is 5.75 Å². The molecule has 0 spiro atoms. The zero-order valence-corrected chi connectivity index (χ0v) is 13.7. The third-order valence-electron chi connectivity index (χ3n) is 2.81. The summed E-state index contributed by atoms with van der Waals surface area (Å²) < 4.78 is 6.47. The second kappa shape index (κ2) is 7.68. The molecule has 0 aromatic heterocycles. The van der Waals surface area contributed by atoms with Gasteiger partial charge in [-0.25, -0.2) is 0 Å². The van der Waals surface area contributed by atoms with Crippen LogP contribution in [0.4, 0.5) is 0 Å². The third-order valence-corrected chi connectivity index (χ3v) is 6.15. The van der Waals surface area contributed by atoms with Crippen LogP contribution in [0.1, 0.15) is 5.56 Å². The summed E-state index contributed by atoms with van der Waals surface area (Å²) in [5, 5.41) is 4.29. The maximum absolute atomic E-state index is 5.37. The number of ether oxygens (including phenoxy) is 1. The molecule has 2 nitrogen and oxygen atoms in total. The zero-order chi connectivity index (χ0) is 12.8. The van der Waals surface area contributed by atoms with Gasteiger partial charge in [-0.15, -0.1) is 0 Å². The van der Waals surface area contributed by atoms with Crippen LogP contribution in [0.25, 0.3) is 0 Å². The van der Waals surface area contributed by atoms with Gasteiger partial charge in [0, 0.05) is 45.6 Å². The zero-order valence-electron chi connectivity index (χ0n) is 10.4. The maximum Gasteiger partial charge on any atom is 0.123 e. The van der Waals surface area contributed by atoms with Crippen molar-refractivity contribution in [2.24, 2.45) is 0 Å². The highest BCUT2D eigenvalue weighted by Gasteiger charge is 2.13. The summed E-state index contributed by atoms with van der Waals surface area (Å²) >= 11 is 7.66. The predicted molar refractivity (Wildman–Crippen MR) is 86.0 cm³/mol. The smallest absolute Gasteiger partial charge is 0.123 e. The van der Waals surface area contributed by atoms with E-state index in [-0.39, 0.29) is 0 Å². The number of benzene rings is 1. The Morgan fingerprint density at radius 1 is 1.44 bits per heavy atom. The Hall–Kier alpha value is 0.160. The molecule has 1 N–H and O–H groups in total. The van der Waals surface area contributed by atoms with Crippen molar-refractivity contribution in [2.75, 3.05) is 30.9 Å². The first-order valence-corrected chi connectivity index (χ1v) is 9.01. The topological polar surface area (TPSA) is 21.3 Å². The molecule has 0 unspecified atom stereocenters. The lowest BCUT2D eigenvalue weighted by molar-refractivity contribution is 0.407. The van der Waals surface area contributed by atoms with Crippen molar-refractivity contribution < 1.29 is 4.74 Å². The molecule has 1 aliphatic heterocycles. The quantitative estimate of drug-likeness (QED) is 0.880. The largest absolute Gasteiger partial charge is 0.496 e. The average molecular weight is 348 g/mol. The van der Waals surface area contributed by atoms with Gasteiger partial charge in [0.05, 0.1) is 7.11 Å². The van der Waals surface area contributed by atoms with E-state index in [9.17, 15) is 0 Å². The van der Waals surface area contributed by atoms with Crippen molar-refractivity contribution in [1.82, 2.24) is 5.32 Å². The Morgan fingerprint density at radius 2 is 2.33 bits per heavy atom. The van der Waals surface area contributed by atoms with Gasteiger partial charge in [0.2, 0.25) is 0 Å². The minimum absolute atomic E-state index is 0.752. The van der Waals surface area contributed by atoms with E-state index in [4.69, 9.17) is 4.74 Å². The highest BCUT2D eigenvalue weighted by molar-refractivity contribution is 9.10. The van der Waals surface area contributed by atoms with Crippen molar-refractivity contribution in [3.63, 3.8) is 0 Å². The SMILES string of the molecule is COc1ccc(Br)cc1CNC[C@@H]1CSCCS1. The first-order valence-electron chi connectivity index (χ1n) is 6.02. The molecule has 0 aliphatic carbocycles. The maximum atomic E-state index is 5.37. The summed E-state index contributed by atoms with van der Waals surface area (Å²) in [4.78, 5) is 0. The Morgan fingerprint density at radius 3 is 3.06 bits per heavy atom. The molecule has 5 heteroatoms. The lowest BCUT2D eigenvalue weighted by Crippen LogP contribution is -2.28. The van der Waals surface area contributed by atoms with Gasteiger partial charge < -0.3 is 10.1 Å². The monoisotopic (exact) mass is 347 g/mol. The highest BCUT2D eigenvalue weighted by atomic mass is 79.9. The summed E-state index contributed by atoms with van der Waals surface area (Å²) in [5.74, 6) is 4.82. The molecule has 1 saturated heterocycles. The van der Waals surface area contributed by atoms with Crippen molar-refractivity contribution in [1.29, 1.82) is 0 Å². The molecule has 0 amide bonds. The summed E-state index contributed by atoms with van der Waals surface area (Å²) in [6.45, 7) is 1.94. The van der Waals surface area contributed by atoms with E-state index in [1.165, 1.54) is 22.8 Å². The Labute approximate surface area is 126 Å². The van der Waals surface area contributed by atoms with Gasteiger partial charge in [0.25, 0.3) is 0 Å². The molecule has 1 aromatic carbocycles. The van der Waals surface area contributed by atoms with Gasteiger partial charge >= 0.3 is 0 Å². The summed E-state index contributed by atoms with van der Waals surface area (Å²) in [6, 6.07) is 6.14. The standard InChI is InChI=1S/C13H18BrNOS2/c1-16-13-3-2-11(14)6-10(13)7-15-8-12-9-17-4-5-18-12/h2-3,6,12,15H,4-5,7-9H2,1H3/t12-/m1/s1. The number of halogens is 1. The lowest BCUT2D eigenvalue weighted by Gasteiger charge is -2.21. The predicted octanol–water partition coefficient (Wildman–Crippen LogP) is 3.40. The molecule has 1 aliphatic rings. The molecule has 1 fully saturated rings. The fourth-order valence-corrected chi connectivity index (χ4v) is 4.96. The van der Waals surface area contributed by atoms with Gasteiger partial charge in [-0.3, -0.25) is 0 Å². The van der Waals surface area contributed by atoms with Gasteiger partial charge in [-0.1, -0.05) is 15.9 Å². The van der Waals surface area contributed by atoms with Gasteiger partial charge in [-0.2, -0.15) is 23.5 Å². The van der Waals surface area contributed by atoms with Crippen LogP contribution in [-0.4, -0.2) is 36.2 Å². The van der Waals surface area contributed by atoms with E-state index in [0.717, 1.165) is 28.6 Å². The number of nitrogens with one attached hydrogen (secondary N) is 1. The van der Waals surface area contributed by atoms with Crippen molar-refractivity contribution in [2.45, 2.75) is 11.8 Å². The van der Waals surface area contributed by atoms with E-state index in [2.05, 4.69) is 50.8 Å². The fraction of sp³-hybridized carbons (Fsp3) is 0.538. The molecular weight excluding hydrogens is 330 g/mol. The van der Waals surface area contributed by atoms with Crippen LogP contribution in [-0.2, 0) is 6.54 Å². The average Bonchev–Trinajstić information content (AvgIpc) is 2.40. The van der Waals surface area contributed by atoms with Gasteiger partial charge in [-0.05, 0) is 18.2 Å². The summed E-state index contributed by atoms with van der Waals surface area (Å²) in [5.41, 5.74) is 1.21. The van der Waals surface area contributed by atoms with Crippen LogP contribution in [0.15, 0.2) is 22.7 Å². The minimum atomic E-state index is 0.752. The van der Waals surface area contributed by atoms with Crippen LogP contribution >= 0.6 is 39.5 Å². The van der Waals surface area contributed by atoms with Crippen molar-refractivity contribution in [3.05, 3.63) is 28.2 Å². The Bertz CT molecular complexity index is 383. The molecule has 0 radical (unpaired) electrons. The van der Waals surface area contributed by atoms with E-state index in [1.54, 1.807) is 7.11 Å². The van der Waals surface area contributed by atoms with Crippen LogP contribution in [0.3, 0.4) is 0 Å². The van der Waals surface area contributed by atoms with E-state index >= 15 is 0 Å². The molecule has 0 saturated carbocycles. The molecule has 0 bridgehead atoms. The molecule has 2 rings (SSSR count). The number of rotatable bonds is 5. The third kappa shape index (κ3) is 4.37. The Kier molecular flexibility index (Phi) is 6.21. The normalized spacial score (nSPS) is 19.8. The second-order valence-corrected chi connectivity index (χ2v) is 7.63. The highest BCUT2D eigenvalue weighted by Crippen LogP contribution is 2.25. The lowest BCUT2D eigenvalue weighted by atomic mass is 10.2. The minimum Gasteiger partial charge on any atom is -0.496 e. The van der Waals surface area contributed by atoms with E-state index in [0.29, 0.717) is 0 Å². The first kappa shape index (κ1) is 14.6. The van der Waals surface area contributed by atoms with Crippen molar-refractivity contribution in [3.8, 4) is 5.75 Å². The first-order chi connectivity index (χ1) is 8.79. The van der Waals surface area contributed by atoms with Gasteiger partial charge in [0.1, 0.15) is 5.75 Å². The number of hydrogen-bond donors (Lipinski definition) is 1.